The Morgan fingerprint density at radius 1 is 1.50 bits per heavy atom. The minimum absolute atomic E-state index is 0.244. The maximum absolute atomic E-state index is 9.51. The van der Waals surface area contributed by atoms with E-state index in [1.807, 2.05) is 0 Å². The van der Waals surface area contributed by atoms with Crippen molar-refractivity contribution < 1.29 is 5.11 Å². The van der Waals surface area contributed by atoms with Crippen molar-refractivity contribution in [2.24, 2.45) is 5.73 Å². The second kappa shape index (κ2) is 2.61. The molecule has 1 fully saturated rings. The molecule has 0 atom stereocenters. The first kappa shape index (κ1) is 7.59. The van der Waals surface area contributed by atoms with Crippen LogP contribution in [0.4, 0.5) is 0 Å². The van der Waals surface area contributed by atoms with Gasteiger partial charge in [-0.1, -0.05) is 5.92 Å². The fraction of sp³-hybridized carbons (Fsp3) is 0.750. The van der Waals surface area contributed by atoms with Crippen molar-refractivity contribution in [2.45, 2.75) is 37.3 Å². The minimum atomic E-state index is -0.851. The fourth-order valence-electron chi connectivity index (χ4n) is 1.26. The summed E-state index contributed by atoms with van der Waals surface area (Å²) in [5, 5.41) is 9.51. The van der Waals surface area contributed by atoms with E-state index < -0.39 is 5.60 Å². The Bertz CT molecular complexity index is 151. The molecule has 10 heavy (non-hydrogen) atoms. The average molecular weight is 139 g/mol. The largest absolute Gasteiger partial charge is 0.378 e. The predicted octanol–water partition coefficient (Wildman–Crippen LogP) is 0.252. The number of rotatable bonds is 0. The molecule has 0 radical (unpaired) electrons. The molecule has 56 valence electrons. The Labute approximate surface area is 61.4 Å². The van der Waals surface area contributed by atoms with Crippen molar-refractivity contribution >= 4 is 0 Å². The molecule has 0 aromatic carbocycles. The van der Waals surface area contributed by atoms with E-state index in [0.29, 0.717) is 12.8 Å². The van der Waals surface area contributed by atoms with E-state index in [1.54, 1.807) is 0 Å². The molecule has 2 heteroatoms. The Morgan fingerprint density at radius 2 is 2.00 bits per heavy atom. The van der Waals surface area contributed by atoms with Crippen molar-refractivity contribution in [1.29, 1.82) is 0 Å². The van der Waals surface area contributed by atoms with E-state index in [4.69, 9.17) is 12.2 Å². The van der Waals surface area contributed by atoms with Crippen molar-refractivity contribution in [3.63, 3.8) is 0 Å². The maximum Gasteiger partial charge on any atom is 0.125 e. The molecule has 0 spiro atoms. The van der Waals surface area contributed by atoms with Crippen molar-refractivity contribution in [3.05, 3.63) is 0 Å². The summed E-state index contributed by atoms with van der Waals surface area (Å²) in [6, 6.07) is 0.244. The minimum Gasteiger partial charge on any atom is -0.378 e. The molecule has 0 saturated heterocycles. The zero-order valence-corrected chi connectivity index (χ0v) is 6.01. The first-order valence-electron chi connectivity index (χ1n) is 3.62. The molecular weight excluding hydrogens is 126 g/mol. The van der Waals surface area contributed by atoms with E-state index in [2.05, 4.69) is 5.92 Å². The van der Waals surface area contributed by atoms with Crippen LogP contribution in [0.15, 0.2) is 0 Å². The summed E-state index contributed by atoms with van der Waals surface area (Å²) in [6.07, 6.45) is 8.15. The molecule has 3 N–H and O–H groups in total. The van der Waals surface area contributed by atoms with E-state index in [1.165, 1.54) is 0 Å². The van der Waals surface area contributed by atoms with Gasteiger partial charge < -0.3 is 10.8 Å². The van der Waals surface area contributed by atoms with E-state index in [9.17, 15) is 5.11 Å². The molecule has 1 rings (SSSR count). The third-order valence-electron chi connectivity index (χ3n) is 2.13. The van der Waals surface area contributed by atoms with Gasteiger partial charge in [-0.25, -0.2) is 0 Å². The summed E-state index contributed by atoms with van der Waals surface area (Å²) in [5.41, 5.74) is 4.78. The van der Waals surface area contributed by atoms with Crippen LogP contribution in [0.3, 0.4) is 0 Å². The van der Waals surface area contributed by atoms with Crippen LogP contribution >= 0.6 is 0 Å². The Morgan fingerprint density at radius 3 is 2.40 bits per heavy atom. The van der Waals surface area contributed by atoms with Gasteiger partial charge in [0.1, 0.15) is 5.60 Å². The fourth-order valence-corrected chi connectivity index (χ4v) is 1.26. The number of hydrogen-bond acceptors (Lipinski definition) is 2. The molecule has 0 amide bonds. The molecule has 1 aliphatic carbocycles. The number of terminal acetylenes is 1. The van der Waals surface area contributed by atoms with Crippen LogP contribution in [-0.4, -0.2) is 16.7 Å². The van der Waals surface area contributed by atoms with Gasteiger partial charge in [0.15, 0.2) is 0 Å². The highest BCUT2D eigenvalue weighted by atomic mass is 16.3. The van der Waals surface area contributed by atoms with Gasteiger partial charge in [-0.2, -0.15) is 0 Å². The SMILES string of the molecule is C#CC1(O)CCC(N)CC1. The van der Waals surface area contributed by atoms with Crippen LogP contribution in [0.25, 0.3) is 0 Å². The summed E-state index contributed by atoms with van der Waals surface area (Å²) in [4.78, 5) is 0. The Hall–Kier alpha value is -0.520. The topological polar surface area (TPSA) is 46.2 Å². The van der Waals surface area contributed by atoms with Crippen LogP contribution < -0.4 is 5.73 Å². The number of aliphatic hydroxyl groups is 1. The summed E-state index contributed by atoms with van der Waals surface area (Å²) < 4.78 is 0. The van der Waals surface area contributed by atoms with Crippen molar-refractivity contribution in [3.8, 4) is 12.3 Å². The Kier molecular flexibility index (Phi) is 1.98. The van der Waals surface area contributed by atoms with Gasteiger partial charge in [0, 0.05) is 6.04 Å². The van der Waals surface area contributed by atoms with Gasteiger partial charge in [-0.15, -0.1) is 6.42 Å². The second-order valence-electron chi connectivity index (χ2n) is 3.01. The van der Waals surface area contributed by atoms with E-state index in [-0.39, 0.29) is 6.04 Å². The molecule has 0 aromatic heterocycles. The smallest absolute Gasteiger partial charge is 0.125 e. The van der Waals surface area contributed by atoms with Crippen LogP contribution in [0, 0.1) is 12.3 Å². The number of hydrogen-bond donors (Lipinski definition) is 2. The van der Waals surface area contributed by atoms with E-state index >= 15 is 0 Å². The van der Waals surface area contributed by atoms with E-state index in [0.717, 1.165) is 12.8 Å². The van der Waals surface area contributed by atoms with Crippen LogP contribution in [-0.2, 0) is 0 Å². The zero-order chi connectivity index (χ0) is 7.61. The van der Waals surface area contributed by atoms with Gasteiger partial charge in [-0.3, -0.25) is 0 Å². The lowest BCUT2D eigenvalue weighted by Crippen LogP contribution is -2.37. The molecule has 1 saturated carbocycles. The molecule has 0 bridgehead atoms. The highest BCUT2D eigenvalue weighted by molar-refractivity contribution is 5.09. The highest BCUT2D eigenvalue weighted by Gasteiger charge is 2.29. The van der Waals surface area contributed by atoms with Crippen LogP contribution in [0.5, 0.6) is 0 Å². The summed E-state index contributed by atoms with van der Waals surface area (Å²) >= 11 is 0. The third-order valence-corrected chi connectivity index (χ3v) is 2.13. The highest BCUT2D eigenvalue weighted by Crippen LogP contribution is 2.26. The molecule has 0 aromatic rings. The first-order valence-corrected chi connectivity index (χ1v) is 3.62. The molecule has 0 aliphatic heterocycles. The van der Waals surface area contributed by atoms with Gasteiger partial charge in [0.2, 0.25) is 0 Å². The maximum atomic E-state index is 9.51. The molecule has 1 aliphatic rings. The average Bonchev–Trinajstić information content (AvgIpc) is 1.96. The molecular formula is C8H13NO. The molecule has 0 heterocycles. The molecule has 0 unspecified atom stereocenters. The van der Waals surface area contributed by atoms with Gasteiger partial charge in [-0.05, 0) is 25.7 Å². The zero-order valence-electron chi connectivity index (χ0n) is 6.01. The summed E-state index contributed by atoms with van der Waals surface area (Å²) in [6.45, 7) is 0. The summed E-state index contributed by atoms with van der Waals surface area (Å²) in [5.74, 6) is 2.40. The number of nitrogens with two attached hydrogens (primary N) is 1. The normalized spacial score (nSPS) is 40.7. The van der Waals surface area contributed by atoms with Gasteiger partial charge in [0.25, 0.3) is 0 Å². The lowest BCUT2D eigenvalue weighted by molar-refractivity contribution is 0.0557. The van der Waals surface area contributed by atoms with Crippen molar-refractivity contribution in [1.82, 2.24) is 0 Å². The molecule has 2 nitrogen and oxygen atoms in total. The standard InChI is InChI=1S/C8H13NO/c1-2-8(10)5-3-7(9)4-6-8/h1,7,10H,3-6,9H2. The van der Waals surface area contributed by atoms with Gasteiger partial charge in [0.05, 0.1) is 0 Å². The second-order valence-corrected chi connectivity index (χ2v) is 3.01. The first-order chi connectivity index (χ1) is 4.66. The lowest BCUT2D eigenvalue weighted by atomic mass is 9.83. The summed E-state index contributed by atoms with van der Waals surface area (Å²) in [7, 11) is 0. The monoisotopic (exact) mass is 139 g/mol. The Balaban J connectivity index is 2.48. The van der Waals surface area contributed by atoms with Crippen molar-refractivity contribution in [2.75, 3.05) is 0 Å². The van der Waals surface area contributed by atoms with Crippen LogP contribution in [0.2, 0.25) is 0 Å². The predicted molar refractivity (Wildman–Crippen MR) is 40.2 cm³/mol. The third kappa shape index (κ3) is 1.50. The quantitative estimate of drug-likeness (QED) is 0.473. The van der Waals surface area contributed by atoms with Crippen LogP contribution in [0.1, 0.15) is 25.7 Å². The van der Waals surface area contributed by atoms with Gasteiger partial charge >= 0.3 is 0 Å². The lowest BCUT2D eigenvalue weighted by Gasteiger charge is -2.29.